The van der Waals surface area contributed by atoms with Crippen molar-refractivity contribution in [3.8, 4) is 6.07 Å². The van der Waals surface area contributed by atoms with Crippen molar-refractivity contribution in [2.75, 3.05) is 18.0 Å². The van der Waals surface area contributed by atoms with Crippen molar-refractivity contribution in [2.24, 2.45) is 0 Å². The van der Waals surface area contributed by atoms with E-state index in [-0.39, 0.29) is 5.69 Å². The van der Waals surface area contributed by atoms with Gasteiger partial charge in [0.05, 0.1) is 16.6 Å². The Bertz CT molecular complexity index is 796. The summed E-state index contributed by atoms with van der Waals surface area (Å²) in [6, 6.07) is 16.3. The Kier molecular flexibility index (Phi) is 4.57. The molecular formula is C19H17N3O2. The Hall–Kier alpha value is -3.13. The molecular weight excluding hydrogens is 302 g/mol. The van der Waals surface area contributed by atoms with E-state index in [4.69, 9.17) is 0 Å². The molecule has 3 rings (SSSR count). The third kappa shape index (κ3) is 3.44. The van der Waals surface area contributed by atoms with Crippen LogP contribution in [0, 0.1) is 21.4 Å². The summed E-state index contributed by atoms with van der Waals surface area (Å²) in [6.45, 7) is 2.20. The van der Waals surface area contributed by atoms with Gasteiger partial charge < -0.3 is 4.90 Å². The zero-order chi connectivity index (χ0) is 16.9. The van der Waals surface area contributed by atoms with Crippen LogP contribution in [0.15, 0.2) is 48.5 Å². The second-order valence-corrected chi connectivity index (χ2v) is 5.76. The summed E-state index contributed by atoms with van der Waals surface area (Å²) in [5, 5.41) is 20.1. The molecule has 1 aliphatic rings. The van der Waals surface area contributed by atoms with Gasteiger partial charge in [-0.3, -0.25) is 10.1 Å². The molecule has 0 radical (unpaired) electrons. The number of allylic oxidation sites excluding steroid dienone is 1. The first-order valence-corrected chi connectivity index (χ1v) is 7.89. The molecule has 5 nitrogen and oxygen atoms in total. The van der Waals surface area contributed by atoms with Gasteiger partial charge >= 0.3 is 0 Å². The summed E-state index contributed by atoms with van der Waals surface area (Å²) in [5.74, 6) is 0. The number of non-ortho nitro benzene ring substituents is 1. The molecule has 1 fully saturated rings. The number of nitriles is 1. The van der Waals surface area contributed by atoms with Gasteiger partial charge in [-0.1, -0.05) is 12.1 Å². The molecule has 0 unspecified atom stereocenters. The fraction of sp³-hybridized carbons (Fsp3) is 0.211. The smallest absolute Gasteiger partial charge is 0.269 e. The molecule has 24 heavy (non-hydrogen) atoms. The number of nitrogens with zero attached hydrogens (tertiary/aromatic N) is 3. The van der Waals surface area contributed by atoms with Crippen molar-refractivity contribution in [1.29, 1.82) is 5.26 Å². The van der Waals surface area contributed by atoms with Gasteiger partial charge in [-0.2, -0.15) is 5.26 Å². The van der Waals surface area contributed by atoms with E-state index in [9.17, 15) is 15.4 Å². The van der Waals surface area contributed by atoms with E-state index < -0.39 is 4.92 Å². The molecule has 0 aliphatic carbocycles. The molecule has 1 saturated heterocycles. The van der Waals surface area contributed by atoms with Crippen molar-refractivity contribution in [2.45, 2.75) is 12.8 Å². The Balaban J connectivity index is 1.82. The van der Waals surface area contributed by atoms with Crippen LogP contribution < -0.4 is 4.90 Å². The first-order chi connectivity index (χ1) is 11.7. The van der Waals surface area contributed by atoms with Crippen LogP contribution in [0.2, 0.25) is 0 Å². The molecule has 1 heterocycles. The third-order valence-corrected chi connectivity index (χ3v) is 4.18. The molecule has 0 bridgehead atoms. The monoisotopic (exact) mass is 319 g/mol. The minimum atomic E-state index is -0.448. The number of hydrogen-bond donors (Lipinski definition) is 0. The average molecular weight is 319 g/mol. The summed E-state index contributed by atoms with van der Waals surface area (Å²) in [7, 11) is 0. The topological polar surface area (TPSA) is 70.2 Å². The van der Waals surface area contributed by atoms with Crippen LogP contribution in [0.25, 0.3) is 11.6 Å². The number of hydrogen-bond acceptors (Lipinski definition) is 4. The van der Waals surface area contributed by atoms with E-state index in [1.54, 1.807) is 18.2 Å². The maximum absolute atomic E-state index is 10.7. The number of nitro groups is 1. The van der Waals surface area contributed by atoms with E-state index >= 15 is 0 Å². The van der Waals surface area contributed by atoms with Crippen LogP contribution in [0.4, 0.5) is 11.4 Å². The maximum Gasteiger partial charge on any atom is 0.269 e. The predicted octanol–water partition coefficient (Wildman–Crippen LogP) is 4.26. The number of benzene rings is 2. The van der Waals surface area contributed by atoms with E-state index in [2.05, 4.69) is 23.1 Å². The lowest BCUT2D eigenvalue weighted by Gasteiger charge is -2.17. The van der Waals surface area contributed by atoms with Crippen LogP contribution in [-0.2, 0) is 0 Å². The Morgan fingerprint density at radius 2 is 1.71 bits per heavy atom. The van der Waals surface area contributed by atoms with E-state index in [0.29, 0.717) is 11.1 Å². The van der Waals surface area contributed by atoms with Crippen molar-refractivity contribution in [1.82, 2.24) is 0 Å². The largest absolute Gasteiger partial charge is 0.372 e. The number of rotatable bonds is 4. The Morgan fingerprint density at radius 3 is 2.25 bits per heavy atom. The normalized spacial score (nSPS) is 14.5. The van der Waals surface area contributed by atoms with Gasteiger partial charge in [0.25, 0.3) is 5.69 Å². The van der Waals surface area contributed by atoms with Gasteiger partial charge in [-0.05, 0) is 54.3 Å². The van der Waals surface area contributed by atoms with Gasteiger partial charge in [0, 0.05) is 30.9 Å². The van der Waals surface area contributed by atoms with E-state index in [1.807, 2.05) is 12.1 Å². The summed E-state index contributed by atoms with van der Waals surface area (Å²) in [4.78, 5) is 12.6. The predicted molar refractivity (Wildman–Crippen MR) is 94.5 cm³/mol. The van der Waals surface area contributed by atoms with Crippen LogP contribution >= 0.6 is 0 Å². The van der Waals surface area contributed by atoms with E-state index in [0.717, 1.165) is 18.7 Å². The van der Waals surface area contributed by atoms with Gasteiger partial charge in [0.15, 0.2) is 0 Å². The van der Waals surface area contributed by atoms with Gasteiger partial charge in [0.1, 0.15) is 0 Å². The lowest BCUT2D eigenvalue weighted by molar-refractivity contribution is -0.384. The van der Waals surface area contributed by atoms with Gasteiger partial charge in [-0.25, -0.2) is 0 Å². The van der Waals surface area contributed by atoms with Gasteiger partial charge in [0.2, 0.25) is 0 Å². The summed E-state index contributed by atoms with van der Waals surface area (Å²) in [6.07, 6.45) is 4.27. The molecule has 0 atom stereocenters. The van der Waals surface area contributed by atoms with Crippen LogP contribution in [0.5, 0.6) is 0 Å². The maximum atomic E-state index is 10.7. The molecule has 0 spiro atoms. The standard InChI is InChI=1S/C19H17N3O2/c20-14-17(16-5-9-19(10-6-16)22(23)24)13-15-3-7-18(8-4-15)21-11-1-2-12-21/h3-10,13H,1-2,11-12H2/b17-13-. The minimum absolute atomic E-state index is 0.0194. The number of nitro benzene ring substituents is 1. The van der Waals surface area contributed by atoms with Crippen molar-refractivity contribution >= 4 is 23.0 Å². The lowest BCUT2D eigenvalue weighted by Crippen LogP contribution is -2.17. The van der Waals surface area contributed by atoms with Crippen LogP contribution in [-0.4, -0.2) is 18.0 Å². The van der Waals surface area contributed by atoms with Crippen LogP contribution in [0.1, 0.15) is 24.0 Å². The van der Waals surface area contributed by atoms with Crippen molar-refractivity contribution in [3.05, 3.63) is 69.8 Å². The van der Waals surface area contributed by atoms with Crippen molar-refractivity contribution < 1.29 is 4.92 Å². The van der Waals surface area contributed by atoms with Crippen molar-refractivity contribution in [3.63, 3.8) is 0 Å². The molecule has 5 heteroatoms. The highest BCUT2D eigenvalue weighted by atomic mass is 16.6. The zero-order valence-electron chi connectivity index (χ0n) is 13.2. The van der Waals surface area contributed by atoms with Gasteiger partial charge in [-0.15, -0.1) is 0 Å². The SMILES string of the molecule is N#C/C(=C/c1ccc(N2CCCC2)cc1)c1ccc([N+](=O)[O-])cc1. The average Bonchev–Trinajstić information content (AvgIpc) is 3.15. The summed E-state index contributed by atoms with van der Waals surface area (Å²) < 4.78 is 0. The fourth-order valence-corrected chi connectivity index (χ4v) is 2.87. The number of anilines is 1. The molecule has 2 aromatic carbocycles. The second kappa shape index (κ2) is 6.97. The first kappa shape index (κ1) is 15.8. The highest BCUT2D eigenvalue weighted by Gasteiger charge is 2.12. The Morgan fingerprint density at radius 1 is 1.08 bits per heavy atom. The molecule has 2 aromatic rings. The molecule has 0 aromatic heterocycles. The summed E-state index contributed by atoms with van der Waals surface area (Å²) in [5.41, 5.74) is 3.32. The highest BCUT2D eigenvalue weighted by molar-refractivity contribution is 5.89. The molecule has 0 N–H and O–H groups in total. The zero-order valence-corrected chi connectivity index (χ0v) is 13.2. The lowest BCUT2D eigenvalue weighted by atomic mass is 10.0. The van der Waals surface area contributed by atoms with Crippen LogP contribution in [0.3, 0.4) is 0 Å². The third-order valence-electron chi connectivity index (χ3n) is 4.18. The molecule has 120 valence electrons. The Labute approximate surface area is 140 Å². The molecule has 0 saturated carbocycles. The van der Waals surface area contributed by atoms with E-state index in [1.165, 1.54) is 30.7 Å². The first-order valence-electron chi connectivity index (χ1n) is 7.89. The quantitative estimate of drug-likeness (QED) is 0.365. The fourth-order valence-electron chi connectivity index (χ4n) is 2.87. The molecule has 0 amide bonds. The molecule has 1 aliphatic heterocycles. The second-order valence-electron chi connectivity index (χ2n) is 5.76. The minimum Gasteiger partial charge on any atom is -0.372 e. The summed E-state index contributed by atoms with van der Waals surface area (Å²) >= 11 is 0. The highest BCUT2D eigenvalue weighted by Crippen LogP contribution is 2.24.